The summed E-state index contributed by atoms with van der Waals surface area (Å²) in [6.07, 6.45) is 8.82. The maximum absolute atomic E-state index is 11.8. The zero-order valence-corrected chi connectivity index (χ0v) is 12.5. The average Bonchev–Trinajstić information content (AvgIpc) is 3.10. The summed E-state index contributed by atoms with van der Waals surface area (Å²) >= 11 is 0. The number of aliphatic hydroxyl groups excluding tert-OH is 1. The van der Waals surface area contributed by atoms with Gasteiger partial charge in [-0.15, -0.1) is 0 Å². The first-order valence-electron chi connectivity index (χ1n) is 8.13. The molecule has 2 aliphatic rings. The van der Waals surface area contributed by atoms with E-state index in [1.807, 2.05) is 0 Å². The standard InChI is InChI=1S/C15H29N3O2/c19-13-15(7-1-2-8-15)17-14(20)16-9-3-4-10-18-11-5-6-12-18/h19H,1-13H2,(H2,16,17,20). The molecule has 5 heteroatoms. The average molecular weight is 283 g/mol. The molecule has 0 atom stereocenters. The summed E-state index contributed by atoms with van der Waals surface area (Å²) in [5.41, 5.74) is -0.361. The predicted molar refractivity (Wildman–Crippen MR) is 79.7 cm³/mol. The van der Waals surface area contributed by atoms with Gasteiger partial charge in [0.05, 0.1) is 12.1 Å². The number of hydrogen-bond donors (Lipinski definition) is 3. The molecule has 0 spiro atoms. The molecule has 0 radical (unpaired) electrons. The van der Waals surface area contributed by atoms with Crippen LogP contribution in [0, 0.1) is 0 Å². The topological polar surface area (TPSA) is 64.6 Å². The van der Waals surface area contributed by atoms with Crippen LogP contribution in [0.3, 0.4) is 0 Å². The number of aliphatic hydroxyl groups is 1. The highest BCUT2D eigenvalue weighted by Gasteiger charge is 2.34. The summed E-state index contributed by atoms with van der Waals surface area (Å²) in [6, 6.07) is -0.123. The van der Waals surface area contributed by atoms with E-state index in [9.17, 15) is 9.90 Å². The second-order valence-electron chi connectivity index (χ2n) is 6.28. The Kier molecular flexibility index (Phi) is 6.10. The van der Waals surface area contributed by atoms with Crippen LogP contribution in [0.15, 0.2) is 0 Å². The van der Waals surface area contributed by atoms with E-state index in [2.05, 4.69) is 15.5 Å². The molecule has 0 bridgehead atoms. The smallest absolute Gasteiger partial charge is 0.315 e. The van der Waals surface area contributed by atoms with Gasteiger partial charge in [0.25, 0.3) is 0 Å². The minimum Gasteiger partial charge on any atom is -0.394 e. The zero-order valence-electron chi connectivity index (χ0n) is 12.5. The molecule has 20 heavy (non-hydrogen) atoms. The van der Waals surface area contributed by atoms with Gasteiger partial charge in [0.1, 0.15) is 0 Å². The van der Waals surface area contributed by atoms with Gasteiger partial charge in [-0.2, -0.15) is 0 Å². The lowest BCUT2D eigenvalue weighted by molar-refractivity contribution is 0.163. The van der Waals surface area contributed by atoms with Crippen molar-refractivity contribution in [3.63, 3.8) is 0 Å². The van der Waals surface area contributed by atoms with E-state index in [1.54, 1.807) is 0 Å². The number of urea groups is 1. The molecule has 2 fully saturated rings. The molecule has 1 saturated heterocycles. The van der Waals surface area contributed by atoms with Crippen molar-refractivity contribution in [2.45, 2.75) is 56.9 Å². The number of hydrogen-bond acceptors (Lipinski definition) is 3. The van der Waals surface area contributed by atoms with Crippen LogP contribution in [0.25, 0.3) is 0 Å². The van der Waals surface area contributed by atoms with Crippen molar-refractivity contribution in [2.24, 2.45) is 0 Å². The van der Waals surface area contributed by atoms with E-state index in [0.29, 0.717) is 0 Å². The fourth-order valence-corrected chi connectivity index (χ4v) is 3.33. The SMILES string of the molecule is O=C(NCCCCN1CCCC1)NC1(CO)CCCC1. The van der Waals surface area contributed by atoms with Crippen molar-refractivity contribution in [3.05, 3.63) is 0 Å². The van der Waals surface area contributed by atoms with E-state index < -0.39 is 0 Å². The lowest BCUT2D eigenvalue weighted by Crippen LogP contribution is -2.53. The fraction of sp³-hybridized carbons (Fsp3) is 0.933. The first-order chi connectivity index (χ1) is 9.74. The maximum Gasteiger partial charge on any atom is 0.315 e. The van der Waals surface area contributed by atoms with Crippen LogP contribution in [0.4, 0.5) is 4.79 Å². The van der Waals surface area contributed by atoms with Crippen LogP contribution in [-0.4, -0.2) is 54.4 Å². The van der Waals surface area contributed by atoms with Gasteiger partial charge in [0.15, 0.2) is 0 Å². The number of nitrogens with zero attached hydrogens (tertiary/aromatic N) is 1. The molecule has 2 amide bonds. The monoisotopic (exact) mass is 283 g/mol. The Morgan fingerprint density at radius 2 is 1.80 bits per heavy atom. The Labute approximate surface area is 122 Å². The number of rotatable bonds is 7. The number of carbonyl (C=O) groups excluding carboxylic acids is 1. The zero-order chi connectivity index (χ0) is 14.3. The van der Waals surface area contributed by atoms with Crippen molar-refractivity contribution in [3.8, 4) is 0 Å². The first-order valence-corrected chi connectivity index (χ1v) is 8.13. The van der Waals surface area contributed by atoms with Crippen LogP contribution in [0.5, 0.6) is 0 Å². The van der Waals surface area contributed by atoms with Crippen molar-refractivity contribution < 1.29 is 9.90 Å². The highest BCUT2D eigenvalue weighted by atomic mass is 16.3. The molecular weight excluding hydrogens is 254 g/mol. The largest absolute Gasteiger partial charge is 0.394 e. The van der Waals surface area contributed by atoms with E-state index in [4.69, 9.17) is 0 Å². The third kappa shape index (κ3) is 4.63. The Bertz CT molecular complexity index is 297. The predicted octanol–water partition coefficient (Wildman–Crippen LogP) is 1.47. The van der Waals surface area contributed by atoms with Gasteiger partial charge >= 0.3 is 6.03 Å². The summed E-state index contributed by atoms with van der Waals surface area (Å²) < 4.78 is 0. The highest BCUT2D eigenvalue weighted by Crippen LogP contribution is 2.28. The van der Waals surface area contributed by atoms with E-state index >= 15 is 0 Å². The molecule has 1 saturated carbocycles. The van der Waals surface area contributed by atoms with Gasteiger partial charge in [-0.1, -0.05) is 12.8 Å². The molecular formula is C15H29N3O2. The summed E-state index contributed by atoms with van der Waals surface area (Å²) in [5, 5.41) is 15.3. The molecule has 2 rings (SSSR count). The normalized spacial score (nSPS) is 22.1. The fourth-order valence-electron chi connectivity index (χ4n) is 3.33. The highest BCUT2D eigenvalue weighted by molar-refractivity contribution is 5.74. The molecule has 1 aliphatic carbocycles. The quantitative estimate of drug-likeness (QED) is 0.620. The Morgan fingerprint density at radius 3 is 2.45 bits per heavy atom. The van der Waals surface area contributed by atoms with Gasteiger partial charge in [-0.3, -0.25) is 0 Å². The minimum atomic E-state index is -0.361. The molecule has 0 unspecified atom stereocenters. The lowest BCUT2D eigenvalue weighted by Gasteiger charge is -2.28. The Morgan fingerprint density at radius 1 is 1.10 bits per heavy atom. The first kappa shape index (κ1) is 15.6. The molecule has 0 aromatic rings. The van der Waals surface area contributed by atoms with E-state index in [1.165, 1.54) is 25.9 Å². The van der Waals surface area contributed by atoms with E-state index in [-0.39, 0.29) is 18.2 Å². The number of nitrogens with one attached hydrogen (secondary N) is 2. The minimum absolute atomic E-state index is 0.0510. The summed E-state index contributed by atoms with van der Waals surface area (Å²) in [4.78, 5) is 14.3. The van der Waals surface area contributed by atoms with Gasteiger partial charge in [-0.05, 0) is 58.2 Å². The second-order valence-corrected chi connectivity index (χ2v) is 6.28. The molecule has 0 aromatic carbocycles. The molecule has 0 aromatic heterocycles. The summed E-state index contributed by atoms with van der Waals surface area (Å²) in [6.45, 7) is 4.42. The third-order valence-corrected chi connectivity index (χ3v) is 4.63. The second kappa shape index (κ2) is 7.84. The van der Waals surface area contributed by atoms with Crippen LogP contribution >= 0.6 is 0 Å². The van der Waals surface area contributed by atoms with Gasteiger partial charge in [0, 0.05) is 6.54 Å². The molecule has 5 nitrogen and oxygen atoms in total. The lowest BCUT2D eigenvalue weighted by atomic mass is 9.99. The number of carbonyl (C=O) groups is 1. The van der Waals surface area contributed by atoms with Gasteiger partial charge < -0.3 is 20.6 Å². The van der Waals surface area contributed by atoms with Crippen LogP contribution in [-0.2, 0) is 0 Å². The molecule has 3 N–H and O–H groups in total. The Balaban J connectivity index is 1.53. The van der Waals surface area contributed by atoms with Gasteiger partial charge in [0.2, 0.25) is 0 Å². The molecule has 1 heterocycles. The summed E-state index contributed by atoms with van der Waals surface area (Å²) in [5.74, 6) is 0. The summed E-state index contributed by atoms with van der Waals surface area (Å²) in [7, 11) is 0. The molecule has 116 valence electrons. The van der Waals surface area contributed by atoms with Crippen molar-refractivity contribution >= 4 is 6.03 Å². The molecule has 1 aliphatic heterocycles. The van der Waals surface area contributed by atoms with Crippen LogP contribution in [0.1, 0.15) is 51.4 Å². The van der Waals surface area contributed by atoms with Crippen LogP contribution in [0.2, 0.25) is 0 Å². The number of amides is 2. The van der Waals surface area contributed by atoms with Crippen LogP contribution < -0.4 is 10.6 Å². The number of likely N-dealkylation sites (tertiary alicyclic amines) is 1. The van der Waals surface area contributed by atoms with Crippen molar-refractivity contribution in [1.82, 2.24) is 15.5 Å². The third-order valence-electron chi connectivity index (χ3n) is 4.63. The maximum atomic E-state index is 11.8. The number of unbranched alkanes of at least 4 members (excludes halogenated alkanes) is 1. The van der Waals surface area contributed by atoms with Gasteiger partial charge in [-0.25, -0.2) is 4.79 Å². The van der Waals surface area contributed by atoms with Crippen molar-refractivity contribution in [2.75, 3.05) is 32.8 Å². The Hall–Kier alpha value is -0.810. The van der Waals surface area contributed by atoms with Crippen molar-refractivity contribution in [1.29, 1.82) is 0 Å². The van der Waals surface area contributed by atoms with E-state index in [0.717, 1.165) is 51.6 Å².